The van der Waals surface area contributed by atoms with Gasteiger partial charge in [-0.05, 0) is 47.4 Å². The van der Waals surface area contributed by atoms with Gasteiger partial charge >= 0.3 is 0 Å². The number of piperazine rings is 1. The van der Waals surface area contributed by atoms with Crippen LogP contribution >= 0.6 is 11.6 Å². The van der Waals surface area contributed by atoms with Crippen LogP contribution in [-0.2, 0) is 11.3 Å². The van der Waals surface area contributed by atoms with Crippen molar-refractivity contribution < 1.29 is 4.79 Å². The molecule has 0 atom stereocenters. The Hall–Kier alpha value is -2.56. The van der Waals surface area contributed by atoms with Gasteiger partial charge < -0.3 is 9.80 Å². The lowest BCUT2D eigenvalue weighted by Crippen LogP contribution is -2.49. The van der Waals surface area contributed by atoms with Crippen molar-refractivity contribution in [2.24, 2.45) is 0 Å². The SMILES string of the molecule is O=C(CCN(Cc1cccc2ccccc12)C1CC1)N1CCN(c2cccc(Cl)c2)CC1. The largest absolute Gasteiger partial charge is 0.368 e. The summed E-state index contributed by atoms with van der Waals surface area (Å²) in [5.41, 5.74) is 2.50. The quantitative estimate of drug-likeness (QED) is 0.498. The van der Waals surface area contributed by atoms with Crippen LogP contribution in [0.5, 0.6) is 0 Å². The molecule has 0 aromatic heterocycles. The van der Waals surface area contributed by atoms with E-state index < -0.39 is 0 Å². The topological polar surface area (TPSA) is 26.8 Å². The zero-order chi connectivity index (χ0) is 21.9. The summed E-state index contributed by atoms with van der Waals surface area (Å²) in [7, 11) is 0. The van der Waals surface area contributed by atoms with Crippen LogP contribution in [0.4, 0.5) is 5.69 Å². The van der Waals surface area contributed by atoms with E-state index >= 15 is 0 Å². The van der Waals surface area contributed by atoms with Crippen molar-refractivity contribution in [3.63, 3.8) is 0 Å². The molecule has 1 heterocycles. The van der Waals surface area contributed by atoms with Crippen molar-refractivity contribution in [3.05, 3.63) is 77.3 Å². The Kier molecular flexibility index (Phi) is 6.33. The first-order chi connectivity index (χ1) is 15.7. The highest BCUT2D eigenvalue weighted by Gasteiger charge is 2.30. The van der Waals surface area contributed by atoms with Crippen LogP contribution in [0.2, 0.25) is 5.02 Å². The number of amides is 1. The Balaban J connectivity index is 1.17. The molecule has 5 heteroatoms. The summed E-state index contributed by atoms with van der Waals surface area (Å²) in [6, 6.07) is 23.7. The number of carbonyl (C=O) groups excluding carboxylic acids is 1. The van der Waals surface area contributed by atoms with Gasteiger partial charge in [-0.2, -0.15) is 0 Å². The van der Waals surface area contributed by atoms with Gasteiger partial charge in [0.15, 0.2) is 0 Å². The van der Waals surface area contributed by atoms with Gasteiger partial charge in [0.05, 0.1) is 0 Å². The van der Waals surface area contributed by atoms with Crippen molar-refractivity contribution in [2.45, 2.75) is 31.8 Å². The van der Waals surface area contributed by atoms with E-state index in [0.29, 0.717) is 12.5 Å². The summed E-state index contributed by atoms with van der Waals surface area (Å²) in [5.74, 6) is 0.277. The lowest BCUT2D eigenvalue weighted by atomic mass is 10.0. The van der Waals surface area contributed by atoms with Crippen molar-refractivity contribution in [3.8, 4) is 0 Å². The van der Waals surface area contributed by atoms with E-state index in [0.717, 1.165) is 50.0 Å². The maximum absolute atomic E-state index is 13.0. The minimum atomic E-state index is 0.277. The van der Waals surface area contributed by atoms with Crippen LogP contribution in [0.25, 0.3) is 10.8 Å². The number of hydrogen-bond donors (Lipinski definition) is 0. The summed E-state index contributed by atoms with van der Waals surface area (Å²) in [6.45, 7) is 5.02. The van der Waals surface area contributed by atoms with Crippen molar-refractivity contribution in [1.82, 2.24) is 9.80 Å². The fourth-order valence-corrected chi connectivity index (χ4v) is 4.95. The summed E-state index contributed by atoms with van der Waals surface area (Å²) < 4.78 is 0. The molecule has 3 aromatic rings. The number of anilines is 1. The maximum atomic E-state index is 13.0. The Morgan fingerprint density at radius 2 is 1.69 bits per heavy atom. The second kappa shape index (κ2) is 9.51. The Bertz CT molecular complexity index is 1080. The van der Waals surface area contributed by atoms with Crippen LogP contribution < -0.4 is 4.90 Å². The number of fused-ring (bicyclic) bond motifs is 1. The van der Waals surface area contributed by atoms with E-state index in [1.54, 1.807) is 0 Å². The van der Waals surface area contributed by atoms with Gasteiger partial charge in [-0.15, -0.1) is 0 Å². The number of hydrogen-bond acceptors (Lipinski definition) is 3. The number of benzene rings is 3. The van der Waals surface area contributed by atoms with Gasteiger partial charge in [0.1, 0.15) is 0 Å². The molecule has 3 aromatic carbocycles. The molecule has 5 rings (SSSR count). The molecule has 166 valence electrons. The number of rotatable bonds is 7. The molecule has 1 aliphatic carbocycles. The molecule has 2 fully saturated rings. The predicted molar refractivity (Wildman–Crippen MR) is 132 cm³/mol. The number of carbonyl (C=O) groups is 1. The van der Waals surface area contributed by atoms with E-state index in [1.807, 2.05) is 23.1 Å². The second-order valence-corrected chi connectivity index (χ2v) is 9.37. The lowest BCUT2D eigenvalue weighted by molar-refractivity contribution is -0.131. The minimum absolute atomic E-state index is 0.277. The van der Waals surface area contributed by atoms with Crippen molar-refractivity contribution in [2.75, 3.05) is 37.6 Å². The number of nitrogens with zero attached hydrogens (tertiary/aromatic N) is 3. The Labute approximate surface area is 195 Å². The van der Waals surface area contributed by atoms with Crippen LogP contribution in [0.15, 0.2) is 66.7 Å². The van der Waals surface area contributed by atoms with E-state index in [1.165, 1.54) is 29.2 Å². The molecule has 0 spiro atoms. The molecule has 1 aliphatic heterocycles. The molecule has 4 nitrogen and oxygen atoms in total. The number of halogens is 1. The molecule has 0 bridgehead atoms. The molecular formula is C27H30ClN3O. The molecule has 32 heavy (non-hydrogen) atoms. The zero-order valence-corrected chi connectivity index (χ0v) is 19.2. The van der Waals surface area contributed by atoms with Crippen molar-refractivity contribution >= 4 is 34.0 Å². The van der Waals surface area contributed by atoms with E-state index in [-0.39, 0.29) is 5.91 Å². The highest BCUT2D eigenvalue weighted by atomic mass is 35.5. The molecular weight excluding hydrogens is 418 g/mol. The lowest BCUT2D eigenvalue weighted by Gasteiger charge is -2.36. The fraction of sp³-hybridized carbons (Fsp3) is 0.370. The zero-order valence-electron chi connectivity index (χ0n) is 18.4. The highest BCUT2D eigenvalue weighted by Crippen LogP contribution is 2.30. The molecule has 2 aliphatic rings. The summed E-state index contributed by atoms with van der Waals surface area (Å²) >= 11 is 6.14. The highest BCUT2D eigenvalue weighted by molar-refractivity contribution is 6.30. The Morgan fingerprint density at radius 3 is 2.47 bits per heavy atom. The summed E-state index contributed by atoms with van der Waals surface area (Å²) in [4.78, 5) is 19.8. The predicted octanol–water partition coefficient (Wildman–Crippen LogP) is 5.20. The summed E-state index contributed by atoms with van der Waals surface area (Å²) in [6.07, 6.45) is 3.09. The molecule has 1 saturated heterocycles. The standard InChI is InChI=1S/C27H30ClN3O/c28-23-8-4-9-25(19-23)29-15-17-30(18-16-29)27(32)13-14-31(24-11-12-24)20-22-7-3-6-21-5-1-2-10-26(21)22/h1-10,19,24H,11-18,20H2. The maximum Gasteiger partial charge on any atom is 0.223 e. The van der Waals surface area contributed by atoms with Gasteiger partial charge in [0, 0.05) is 62.4 Å². The van der Waals surface area contributed by atoms with Gasteiger partial charge in [0.25, 0.3) is 0 Å². The molecule has 0 N–H and O–H groups in total. The average Bonchev–Trinajstić information content (AvgIpc) is 3.67. The molecule has 0 unspecified atom stereocenters. The molecule has 0 radical (unpaired) electrons. The van der Waals surface area contributed by atoms with Crippen molar-refractivity contribution in [1.29, 1.82) is 0 Å². The minimum Gasteiger partial charge on any atom is -0.368 e. The van der Waals surface area contributed by atoms with Gasteiger partial charge in [0.2, 0.25) is 5.91 Å². The Morgan fingerprint density at radius 1 is 0.938 bits per heavy atom. The second-order valence-electron chi connectivity index (χ2n) is 8.94. The van der Waals surface area contributed by atoms with Crippen LogP contribution in [0.3, 0.4) is 0 Å². The first kappa shape index (κ1) is 21.3. The smallest absolute Gasteiger partial charge is 0.223 e. The van der Waals surface area contributed by atoms with Crippen LogP contribution in [0.1, 0.15) is 24.8 Å². The third-order valence-electron chi connectivity index (χ3n) is 6.74. The third kappa shape index (κ3) is 4.92. The summed E-state index contributed by atoms with van der Waals surface area (Å²) in [5, 5.41) is 3.37. The van der Waals surface area contributed by atoms with Crippen LogP contribution in [-0.4, -0.2) is 54.5 Å². The normalized spacial score (nSPS) is 16.7. The van der Waals surface area contributed by atoms with Gasteiger partial charge in [-0.25, -0.2) is 0 Å². The first-order valence-corrected chi connectivity index (χ1v) is 12.0. The van der Waals surface area contributed by atoms with Crippen LogP contribution in [0, 0.1) is 0 Å². The van der Waals surface area contributed by atoms with Gasteiger partial charge in [-0.3, -0.25) is 9.69 Å². The van der Waals surface area contributed by atoms with E-state index in [9.17, 15) is 4.79 Å². The van der Waals surface area contributed by atoms with Gasteiger partial charge in [-0.1, -0.05) is 60.1 Å². The monoisotopic (exact) mass is 447 g/mol. The van der Waals surface area contributed by atoms with E-state index in [2.05, 4.69) is 58.3 Å². The molecule has 1 saturated carbocycles. The fourth-order valence-electron chi connectivity index (χ4n) is 4.76. The third-order valence-corrected chi connectivity index (χ3v) is 6.97. The first-order valence-electron chi connectivity index (χ1n) is 11.7. The average molecular weight is 448 g/mol. The molecule has 1 amide bonds. The van der Waals surface area contributed by atoms with E-state index in [4.69, 9.17) is 11.6 Å².